The molecule has 0 aliphatic carbocycles. The topological polar surface area (TPSA) is 65.3 Å². The fourth-order valence-electron chi connectivity index (χ4n) is 2.19. The SMILES string of the molecule is Cc1cc2c(=O)n(Cc3c(N)cccc3Cl)ccn2n1. The largest absolute Gasteiger partial charge is 0.398 e. The zero-order chi connectivity index (χ0) is 14.3. The van der Waals surface area contributed by atoms with Crippen molar-refractivity contribution in [3.8, 4) is 0 Å². The van der Waals surface area contributed by atoms with Gasteiger partial charge in [-0.1, -0.05) is 17.7 Å². The molecule has 20 heavy (non-hydrogen) atoms. The maximum absolute atomic E-state index is 12.4. The first-order valence-electron chi connectivity index (χ1n) is 6.14. The average Bonchev–Trinajstić information content (AvgIpc) is 2.78. The lowest BCUT2D eigenvalue weighted by atomic mass is 10.2. The standard InChI is InChI=1S/C14H13ClN4O/c1-9-7-13-14(20)18(5-6-19(13)17-9)8-10-11(15)3-2-4-12(10)16/h2-7H,8,16H2,1H3. The molecule has 0 radical (unpaired) electrons. The lowest BCUT2D eigenvalue weighted by molar-refractivity contribution is 0.743. The van der Waals surface area contributed by atoms with E-state index in [4.69, 9.17) is 17.3 Å². The first-order chi connectivity index (χ1) is 9.56. The van der Waals surface area contributed by atoms with Gasteiger partial charge < -0.3 is 10.3 Å². The molecule has 0 spiro atoms. The quantitative estimate of drug-likeness (QED) is 0.734. The summed E-state index contributed by atoms with van der Waals surface area (Å²) in [6, 6.07) is 7.08. The molecule has 0 bridgehead atoms. The minimum Gasteiger partial charge on any atom is -0.398 e. The summed E-state index contributed by atoms with van der Waals surface area (Å²) in [6.45, 7) is 2.19. The van der Waals surface area contributed by atoms with Crippen molar-refractivity contribution in [3.05, 3.63) is 63.3 Å². The number of nitrogen functional groups attached to an aromatic ring is 1. The Balaban J connectivity index is 2.12. The predicted octanol–water partition coefficient (Wildman–Crippen LogP) is 2.09. The van der Waals surface area contributed by atoms with Gasteiger partial charge in [0.05, 0.1) is 12.2 Å². The fourth-order valence-corrected chi connectivity index (χ4v) is 2.43. The molecule has 0 saturated carbocycles. The molecule has 0 amide bonds. The Morgan fingerprint density at radius 1 is 1.35 bits per heavy atom. The summed E-state index contributed by atoms with van der Waals surface area (Å²) in [4.78, 5) is 12.4. The number of aryl methyl sites for hydroxylation is 1. The Morgan fingerprint density at radius 2 is 2.15 bits per heavy atom. The van der Waals surface area contributed by atoms with Crippen molar-refractivity contribution in [2.75, 3.05) is 5.73 Å². The van der Waals surface area contributed by atoms with E-state index < -0.39 is 0 Å². The second-order valence-corrected chi connectivity index (χ2v) is 5.06. The maximum atomic E-state index is 12.4. The highest BCUT2D eigenvalue weighted by Crippen LogP contribution is 2.22. The van der Waals surface area contributed by atoms with Crippen molar-refractivity contribution >= 4 is 22.8 Å². The molecule has 2 aromatic heterocycles. The van der Waals surface area contributed by atoms with Crippen LogP contribution < -0.4 is 11.3 Å². The summed E-state index contributed by atoms with van der Waals surface area (Å²) in [5.41, 5.74) is 8.47. The molecule has 2 heterocycles. The second kappa shape index (κ2) is 4.68. The van der Waals surface area contributed by atoms with Gasteiger partial charge in [-0.05, 0) is 25.1 Å². The molecule has 0 saturated heterocycles. The van der Waals surface area contributed by atoms with E-state index in [2.05, 4.69) is 5.10 Å². The van der Waals surface area contributed by atoms with Gasteiger partial charge in [0.2, 0.25) is 0 Å². The average molecular weight is 289 g/mol. The van der Waals surface area contributed by atoms with Crippen molar-refractivity contribution in [1.29, 1.82) is 0 Å². The van der Waals surface area contributed by atoms with Gasteiger partial charge in [-0.25, -0.2) is 4.52 Å². The van der Waals surface area contributed by atoms with Gasteiger partial charge >= 0.3 is 0 Å². The van der Waals surface area contributed by atoms with Crippen LogP contribution in [0.4, 0.5) is 5.69 Å². The Morgan fingerprint density at radius 3 is 2.90 bits per heavy atom. The van der Waals surface area contributed by atoms with Gasteiger partial charge in [-0.15, -0.1) is 0 Å². The zero-order valence-corrected chi connectivity index (χ0v) is 11.6. The third kappa shape index (κ3) is 2.06. The van der Waals surface area contributed by atoms with Gasteiger partial charge in [0, 0.05) is 28.7 Å². The van der Waals surface area contributed by atoms with Crippen LogP contribution in [0.5, 0.6) is 0 Å². The third-order valence-corrected chi connectivity index (χ3v) is 3.56. The molecule has 102 valence electrons. The number of rotatable bonds is 2. The van der Waals surface area contributed by atoms with Crippen LogP contribution >= 0.6 is 11.6 Å². The molecule has 0 fully saturated rings. The van der Waals surface area contributed by atoms with Crippen molar-refractivity contribution in [2.24, 2.45) is 0 Å². The summed E-state index contributed by atoms with van der Waals surface area (Å²) in [5.74, 6) is 0. The summed E-state index contributed by atoms with van der Waals surface area (Å²) in [5, 5.41) is 4.77. The first-order valence-corrected chi connectivity index (χ1v) is 6.52. The van der Waals surface area contributed by atoms with E-state index in [-0.39, 0.29) is 5.56 Å². The normalized spacial score (nSPS) is 11.1. The molecule has 0 aliphatic rings. The lowest BCUT2D eigenvalue weighted by Crippen LogP contribution is -2.22. The van der Waals surface area contributed by atoms with Gasteiger partial charge in [-0.2, -0.15) is 5.10 Å². The molecular weight excluding hydrogens is 276 g/mol. The Kier molecular flexibility index (Phi) is 2.99. The summed E-state index contributed by atoms with van der Waals surface area (Å²) in [7, 11) is 0. The van der Waals surface area contributed by atoms with E-state index in [1.165, 1.54) is 0 Å². The van der Waals surface area contributed by atoms with E-state index in [0.717, 1.165) is 11.3 Å². The third-order valence-electron chi connectivity index (χ3n) is 3.21. The predicted molar refractivity (Wildman–Crippen MR) is 79.2 cm³/mol. The minimum atomic E-state index is -0.118. The Labute approximate surface area is 120 Å². The van der Waals surface area contributed by atoms with Crippen molar-refractivity contribution in [3.63, 3.8) is 0 Å². The number of aromatic nitrogens is 3. The highest BCUT2D eigenvalue weighted by atomic mass is 35.5. The van der Waals surface area contributed by atoms with Gasteiger partial charge in [0.1, 0.15) is 5.52 Å². The summed E-state index contributed by atoms with van der Waals surface area (Å²) < 4.78 is 3.15. The van der Waals surface area contributed by atoms with Crippen LogP contribution in [-0.4, -0.2) is 14.2 Å². The van der Waals surface area contributed by atoms with E-state index in [9.17, 15) is 4.79 Å². The summed E-state index contributed by atoms with van der Waals surface area (Å²) >= 11 is 6.14. The second-order valence-electron chi connectivity index (χ2n) is 4.65. The van der Waals surface area contributed by atoms with E-state index in [0.29, 0.717) is 22.8 Å². The molecular formula is C14H13ClN4O. The number of hydrogen-bond acceptors (Lipinski definition) is 3. The number of halogens is 1. The van der Waals surface area contributed by atoms with Crippen LogP contribution in [-0.2, 0) is 6.54 Å². The smallest absolute Gasteiger partial charge is 0.276 e. The van der Waals surface area contributed by atoms with Gasteiger partial charge in [0.15, 0.2) is 0 Å². The van der Waals surface area contributed by atoms with Gasteiger partial charge in [0.25, 0.3) is 5.56 Å². The molecule has 3 rings (SSSR count). The summed E-state index contributed by atoms with van der Waals surface area (Å²) in [6.07, 6.45) is 3.43. The van der Waals surface area contributed by atoms with Crippen molar-refractivity contribution in [2.45, 2.75) is 13.5 Å². The monoisotopic (exact) mass is 288 g/mol. The number of nitrogens with two attached hydrogens (primary N) is 1. The number of benzene rings is 1. The molecule has 6 heteroatoms. The van der Waals surface area contributed by atoms with Crippen LogP contribution in [0.15, 0.2) is 41.5 Å². The van der Waals surface area contributed by atoms with E-state index >= 15 is 0 Å². The maximum Gasteiger partial charge on any atom is 0.276 e. The minimum absolute atomic E-state index is 0.118. The Hall–Kier alpha value is -2.27. The first kappa shape index (κ1) is 12.7. The molecule has 0 unspecified atom stereocenters. The number of nitrogens with zero attached hydrogens (tertiary/aromatic N) is 3. The van der Waals surface area contributed by atoms with Crippen molar-refractivity contribution < 1.29 is 0 Å². The highest BCUT2D eigenvalue weighted by molar-refractivity contribution is 6.31. The number of anilines is 1. The van der Waals surface area contributed by atoms with E-state index in [1.807, 2.05) is 6.92 Å². The fraction of sp³-hybridized carbons (Fsp3) is 0.143. The lowest BCUT2D eigenvalue weighted by Gasteiger charge is -2.10. The molecule has 0 aliphatic heterocycles. The Bertz CT molecular complexity index is 830. The van der Waals surface area contributed by atoms with Gasteiger partial charge in [-0.3, -0.25) is 4.79 Å². The molecule has 3 aromatic rings. The van der Waals surface area contributed by atoms with Crippen molar-refractivity contribution in [1.82, 2.24) is 14.2 Å². The van der Waals surface area contributed by atoms with Crippen LogP contribution in [0, 0.1) is 6.92 Å². The number of hydrogen-bond donors (Lipinski definition) is 1. The zero-order valence-electron chi connectivity index (χ0n) is 10.9. The molecule has 0 atom stereocenters. The molecule has 2 N–H and O–H groups in total. The molecule has 1 aromatic carbocycles. The van der Waals surface area contributed by atoms with Crippen LogP contribution in [0.3, 0.4) is 0 Å². The van der Waals surface area contributed by atoms with Crippen LogP contribution in [0.25, 0.3) is 5.52 Å². The van der Waals surface area contributed by atoms with E-state index in [1.54, 1.807) is 45.7 Å². The van der Waals surface area contributed by atoms with Crippen LogP contribution in [0.1, 0.15) is 11.3 Å². The number of fused-ring (bicyclic) bond motifs is 1. The molecule has 5 nitrogen and oxygen atoms in total. The van der Waals surface area contributed by atoms with Crippen LogP contribution in [0.2, 0.25) is 5.02 Å². The highest BCUT2D eigenvalue weighted by Gasteiger charge is 2.09.